The van der Waals surface area contributed by atoms with Crippen LogP contribution in [-0.4, -0.2) is 14.7 Å². The minimum atomic E-state index is -0.244. The van der Waals surface area contributed by atoms with Gasteiger partial charge in [-0.2, -0.15) is 0 Å². The van der Waals surface area contributed by atoms with Crippen molar-refractivity contribution in [2.75, 3.05) is 0 Å². The number of phenols is 1. The number of halogens is 1. The number of aromatic nitrogens is 2. The second-order valence-electron chi connectivity index (χ2n) is 4.28. The fourth-order valence-corrected chi connectivity index (χ4v) is 2.33. The SMILES string of the molecule is O=c1[nH]c2c(Cl)cccc2n1Cc1ccccc1O. The Labute approximate surface area is 113 Å². The van der Waals surface area contributed by atoms with Crippen molar-refractivity contribution in [2.45, 2.75) is 6.54 Å². The third-order valence-electron chi connectivity index (χ3n) is 3.08. The summed E-state index contributed by atoms with van der Waals surface area (Å²) in [5, 5.41) is 10.3. The average molecular weight is 275 g/mol. The van der Waals surface area contributed by atoms with Gasteiger partial charge in [0.2, 0.25) is 0 Å². The summed E-state index contributed by atoms with van der Waals surface area (Å²) in [5.41, 5.74) is 1.78. The van der Waals surface area contributed by atoms with Crippen LogP contribution >= 0.6 is 11.6 Å². The maximum absolute atomic E-state index is 12.0. The van der Waals surface area contributed by atoms with Crippen molar-refractivity contribution in [1.29, 1.82) is 0 Å². The van der Waals surface area contributed by atoms with Gasteiger partial charge in [0.05, 0.1) is 22.6 Å². The fourth-order valence-electron chi connectivity index (χ4n) is 2.12. The molecule has 4 nitrogen and oxygen atoms in total. The predicted molar refractivity (Wildman–Crippen MR) is 74.8 cm³/mol. The molecule has 0 fully saturated rings. The Morgan fingerprint density at radius 3 is 2.74 bits per heavy atom. The fraction of sp³-hybridized carbons (Fsp3) is 0.0714. The first-order valence-corrected chi connectivity index (χ1v) is 6.18. The van der Waals surface area contributed by atoms with Crippen LogP contribution in [0.5, 0.6) is 5.75 Å². The first kappa shape index (κ1) is 11.9. The molecule has 2 N–H and O–H groups in total. The van der Waals surface area contributed by atoms with E-state index in [2.05, 4.69) is 4.98 Å². The van der Waals surface area contributed by atoms with Gasteiger partial charge in [0.1, 0.15) is 5.75 Å². The number of phenolic OH excluding ortho intramolecular Hbond substituents is 1. The van der Waals surface area contributed by atoms with Gasteiger partial charge in [0.25, 0.3) is 0 Å². The van der Waals surface area contributed by atoms with Crippen molar-refractivity contribution < 1.29 is 5.11 Å². The van der Waals surface area contributed by atoms with Crippen molar-refractivity contribution in [3.05, 3.63) is 63.5 Å². The Hall–Kier alpha value is -2.20. The van der Waals surface area contributed by atoms with Gasteiger partial charge >= 0.3 is 5.69 Å². The van der Waals surface area contributed by atoms with E-state index in [-0.39, 0.29) is 11.4 Å². The zero-order chi connectivity index (χ0) is 13.4. The van der Waals surface area contributed by atoms with E-state index in [4.69, 9.17) is 11.6 Å². The molecule has 0 bridgehead atoms. The van der Waals surface area contributed by atoms with Crippen molar-refractivity contribution >= 4 is 22.6 Å². The van der Waals surface area contributed by atoms with E-state index in [0.717, 1.165) is 5.52 Å². The highest BCUT2D eigenvalue weighted by atomic mass is 35.5. The second kappa shape index (κ2) is 4.48. The molecule has 0 aliphatic carbocycles. The number of aromatic amines is 1. The predicted octanol–water partition coefficient (Wildman–Crippen LogP) is 2.74. The van der Waals surface area contributed by atoms with Gasteiger partial charge in [0, 0.05) is 5.56 Å². The van der Waals surface area contributed by atoms with Crippen LogP contribution in [-0.2, 0) is 6.54 Å². The number of rotatable bonds is 2. The summed E-state index contributed by atoms with van der Waals surface area (Å²) in [7, 11) is 0. The van der Waals surface area contributed by atoms with Crippen molar-refractivity contribution in [3.63, 3.8) is 0 Å². The van der Waals surface area contributed by atoms with E-state index in [9.17, 15) is 9.90 Å². The molecule has 3 aromatic rings. The van der Waals surface area contributed by atoms with E-state index < -0.39 is 0 Å². The molecule has 96 valence electrons. The summed E-state index contributed by atoms with van der Waals surface area (Å²) in [6.07, 6.45) is 0. The van der Waals surface area contributed by atoms with Gasteiger partial charge in [-0.15, -0.1) is 0 Å². The number of nitrogens with one attached hydrogen (secondary N) is 1. The zero-order valence-corrected chi connectivity index (χ0v) is 10.7. The maximum Gasteiger partial charge on any atom is 0.326 e. The van der Waals surface area contributed by atoms with E-state index in [1.165, 1.54) is 0 Å². The zero-order valence-electron chi connectivity index (χ0n) is 9.93. The van der Waals surface area contributed by atoms with Crippen LogP contribution in [0.25, 0.3) is 11.0 Å². The number of hydrogen-bond acceptors (Lipinski definition) is 2. The summed E-state index contributed by atoms with van der Waals surface area (Å²) in [6, 6.07) is 12.3. The molecule has 0 spiro atoms. The first-order chi connectivity index (χ1) is 9.16. The Morgan fingerprint density at radius 2 is 1.95 bits per heavy atom. The molecular formula is C14H11ClN2O2. The summed E-state index contributed by atoms with van der Waals surface area (Å²) >= 11 is 6.04. The Kier molecular flexibility index (Phi) is 2.80. The normalized spacial score (nSPS) is 11.0. The molecule has 0 saturated carbocycles. The van der Waals surface area contributed by atoms with Crippen molar-refractivity contribution in [1.82, 2.24) is 9.55 Å². The van der Waals surface area contributed by atoms with Crippen LogP contribution in [0.1, 0.15) is 5.56 Å². The van der Waals surface area contributed by atoms with Crippen LogP contribution in [0.2, 0.25) is 5.02 Å². The first-order valence-electron chi connectivity index (χ1n) is 5.81. The molecule has 0 aliphatic rings. The number of benzene rings is 2. The lowest BCUT2D eigenvalue weighted by Gasteiger charge is -2.05. The lowest BCUT2D eigenvalue weighted by atomic mass is 10.2. The van der Waals surface area contributed by atoms with Crippen LogP contribution in [0.15, 0.2) is 47.3 Å². The lowest BCUT2D eigenvalue weighted by Crippen LogP contribution is -2.17. The van der Waals surface area contributed by atoms with Gasteiger partial charge in [-0.3, -0.25) is 4.57 Å². The number of fused-ring (bicyclic) bond motifs is 1. The molecule has 3 rings (SSSR count). The third kappa shape index (κ3) is 2.00. The summed E-state index contributed by atoms with van der Waals surface area (Å²) < 4.78 is 1.55. The molecule has 1 aromatic heterocycles. The number of H-pyrrole nitrogens is 1. The highest BCUT2D eigenvalue weighted by molar-refractivity contribution is 6.34. The van der Waals surface area contributed by atoms with Gasteiger partial charge in [-0.1, -0.05) is 35.9 Å². The van der Waals surface area contributed by atoms with Crippen LogP contribution in [0, 0.1) is 0 Å². The molecule has 2 aromatic carbocycles. The number of hydrogen-bond donors (Lipinski definition) is 2. The van der Waals surface area contributed by atoms with Gasteiger partial charge in [-0.05, 0) is 18.2 Å². The standard InChI is InChI=1S/C14H11ClN2O2/c15-10-5-3-6-11-13(10)16-14(19)17(11)8-9-4-1-2-7-12(9)18/h1-7,18H,8H2,(H,16,19). The van der Waals surface area contributed by atoms with E-state index >= 15 is 0 Å². The monoisotopic (exact) mass is 274 g/mol. The minimum Gasteiger partial charge on any atom is -0.508 e. The van der Waals surface area contributed by atoms with Crippen LogP contribution < -0.4 is 5.69 Å². The number of para-hydroxylation sites is 2. The third-order valence-corrected chi connectivity index (χ3v) is 3.39. The topological polar surface area (TPSA) is 58.0 Å². The van der Waals surface area contributed by atoms with Crippen molar-refractivity contribution in [3.8, 4) is 5.75 Å². The molecule has 5 heteroatoms. The molecule has 0 radical (unpaired) electrons. The average Bonchev–Trinajstić information content (AvgIpc) is 2.71. The minimum absolute atomic E-state index is 0.172. The van der Waals surface area contributed by atoms with Gasteiger partial charge < -0.3 is 10.1 Å². The number of aromatic hydroxyl groups is 1. The number of imidazole rings is 1. The molecular weight excluding hydrogens is 264 g/mol. The maximum atomic E-state index is 12.0. The Bertz CT molecular complexity index is 805. The molecule has 1 heterocycles. The highest BCUT2D eigenvalue weighted by Gasteiger charge is 2.10. The van der Waals surface area contributed by atoms with Gasteiger partial charge in [0.15, 0.2) is 0 Å². The lowest BCUT2D eigenvalue weighted by molar-refractivity contribution is 0.466. The highest BCUT2D eigenvalue weighted by Crippen LogP contribution is 2.22. The summed E-state index contributed by atoms with van der Waals surface area (Å²) in [6.45, 7) is 0.297. The number of nitrogens with zero attached hydrogens (tertiary/aromatic N) is 1. The van der Waals surface area contributed by atoms with E-state index in [1.807, 2.05) is 12.1 Å². The van der Waals surface area contributed by atoms with E-state index in [1.54, 1.807) is 34.9 Å². The van der Waals surface area contributed by atoms with Crippen LogP contribution in [0.4, 0.5) is 0 Å². The Balaban J connectivity index is 2.16. The molecule has 0 amide bonds. The molecule has 0 atom stereocenters. The largest absolute Gasteiger partial charge is 0.508 e. The molecule has 0 aliphatic heterocycles. The smallest absolute Gasteiger partial charge is 0.326 e. The Morgan fingerprint density at radius 1 is 1.16 bits per heavy atom. The summed E-state index contributed by atoms with van der Waals surface area (Å²) in [5.74, 6) is 0.172. The molecule has 0 unspecified atom stereocenters. The van der Waals surface area contributed by atoms with E-state index in [0.29, 0.717) is 22.6 Å². The second-order valence-corrected chi connectivity index (χ2v) is 4.69. The van der Waals surface area contributed by atoms with Crippen molar-refractivity contribution in [2.24, 2.45) is 0 Å². The van der Waals surface area contributed by atoms with Gasteiger partial charge in [-0.25, -0.2) is 4.79 Å². The van der Waals surface area contributed by atoms with Crippen LogP contribution in [0.3, 0.4) is 0 Å². The molecule has 19 heavy (non-hydrogen) atoms. The summed E-state index contributed by atoms with van der Waals surface area (Å²) in [4.78, 5) is 14.7. The quantitative estimate of drug-likeness (QED) is 0.755. The molecule has 0 saturated heterocycles.